The number of hydrogen-bond donors (Lipinski definition) is 1. The fourth-order valence-electron chi connectivity index (χ4n) is 4.92. The number of hydrogen-bond acceptors (Lipinski definition) is 1. The van der Waals surface area contributed by atoms with Gasteiger partial charge in [-0.15, -0.1) is 0 Å². The molecule has 5 aromatic rings. The molecule has 5 rings (SSSR count). The largest absolute Gasteiger partial charge is 3.00 e. The molecule has 0 heterocycles. The molecule has 1 N–H and O–H groups in total. The van der Waals surface area contributed by atoms with Crippen molar-refractivity contribution in [1.82, 2.24) is 0 Å². The number of benzene rings is 5. The van der Waals surface area contributed by atoms with Gasteiger partial charge in [0.25, 0.3) is 0 Å². The van der Waals surface area contributed by atoms with Crippen LogP contribution in [0.3, 0.4) is 0 Å². The van der Waals surface area contributed by atoms with Gasteiger partial charge in [0.1, 0.15) is 5.85 Å². The first-order valence-corrected chi connectivity index (χ1v) is 14.7. The maximum Gasteiger partial charge on any atom is 3.00 e. The molecule has 5 aromatic carbocycles. The van der Waals surface area contributed by atoms with Gasteiger partial charge in [-0.3, -0.25) is 0 Å². The minimum atomic E-state index is -0.941. The van der Waals surface area contributed by atoms with Crippen LogP contribution in [0.4, 0.5) is 0 Å². The van der Waals surface area contributed by atoms with E-state index in [0.717, 1.165) is 5.56 Å². The molecule has 1 unspecified atom stereocenters. The summed E-state index contributed by atoms with van der Waals surface area (Å²) in [5, 5.41) is 14.2. The van der Waals surface area contributed by atoms with Crippen LogP contribution >= 0.6 is 7.92 Å². The third-order valence-electron chi connectivity index (χ3n) is 6.31. The molecule has 0 spiro atoms. The van der Waals surface area contributed by atoms with E-state index in [1.807, 2.05) is 91.0 Å². The average molecular weight is 637 g/mol. The topological polar surface area (TPSA) is 20.2 Å². The molecule has 41 heavy (non-hydrogen) atoms. The van der Waals surface area contributed by atoms with E-state index in [0.29, 0.717) is 0 Å². The molecule has 0 bridgehead atoms. The quantitative estimate of drug-likeness (QED) is 0.154. The van der Waals surface area contributed by atoms with Crippen LogP contribution in [0.5, 0.6) is 0 Å². The molecule has 0 saturated heterocycles. The molecule has 1 atom stereocenters. The van der Waals surface area contributed by atoms with Crippen LogP contribution in [-0.2, 0) is 26.2 Å². The Hall–Kier alpha value is -2.63. The summed E-state index contributed by atoms with van der Waals surface area (Å²) in [4.78, 5) is 0. The van der Waals surface area contributed by atoms with Crippen molar-refractivity contribution in [1.29, 1.82) is 0 Å². The zero-order valence-electron chi connectivity index (χ0n) is 25.4. The number of aliphatic hydroxyl groups excluding tert-OH is 1. The van der Waals surface area contributed by atoms with Crippen molar-refractivity contribution in [3.8, 4) is 0 Å². The van der Waals surface area contributed by atoms with Crippen LogP contribution in [0.15, 0.2) is 115 Å². The minimum Gasteiger partial charge on any atom is -0.383 e. The van der Waals surface area contributed by atoms with Gasteiger partial charge in [-0.25, -0.2) is 0 Å². The Kier molecular flexibility index (Phi) is 16.6. The van der Waals surface area contributed by atoms with Crippen LogP contribution in [0.2, 0.25) is 0 Å². The summed E-state index contributed by atoms with van der Waals surface area (Å²) in [6.07, 6.45) is 0. The first-order valence-electron chi connectivity index (χ1n) is 13.3. The van der Waals surface area contributed by atoms with E-state index in [1.165, 1.54) is 44.0 Å². The molecule has 0 saturated carbocycles. The van der Waals surface area contributed by atoms with Gasteiger partial charge in [-0.05, 0) is 87.9 Å². The van der Waals surface area contributed by atoms with E-state index >= 15 is 0 Å². The molecule has 0 aliphatic heterocycles. The van der Waals surface area contributed by atoms with Crippen molar-refractivity contribution in [2.24, 2.45) is 0 Å². The Bertz CT molecular complexity index is 1230. The van der Waals surface area contributed by atoms with E-state index in [4.69, 9.17) is 0 Å². The summed E-state index contributed by atoms with van der Waals surface area (Å²) in [7, 11) is -0.941. The molecular weight excluding hydrogens is 595 g/mol. The number of aryl methyl sites for hydroxylation is 6. The van der Waals surface area contributed by atoms with Crippen molar-refractivity contribution in [2.45, 2.75) is 47.4 Å². The molecule has 1 radical (unpaired) electrons. The predicted octanol–water partition coefficient (Wildman–Crippen LogP) is 9.08. The molecule has 0 aliphatic carbocycles. The third kappa shape index (κ3) is 10.9. The second-order valence-electron chi connectivity index (χ2n) is 9.80. The van der Waals surface area contributed by atoms with Gasteiger partial charge in [-0.1, -0.05) is 65.7 Å². The van der Waals surface area contributed by atoms with E-state index in [-0.39, 0.29) is 33.6 Å². The van der Waals surface area contributed by atoms with Crippen molar-refractivity contribution < 1.29 is 31.3 Å². The summed E-state index contributed by atoms with van der Waals surface area (Å²) in [6, 6.07) is 44.1. The van der Waals surface area contributed by atoms with Gasteiger partial charge < -0.3 is 12.5 Å². The normalized spacial score (nSPS) is 10.5. The molecule has 0 fully saturated rings. The first-order chi connectivity index (χ1) is 18.8. The minimum absolute atomic E-state index is 0. The van der Waals surface area contributed by atoms with E-state index < -0.39 is 13.8 Å². The Morgan fingerprint density at radius 3 is 1.12 bits per heavy atom. The molecule has 0 amide bonds. The summed E-state index contributed by atoms with van der Waals surface area (Å²) < 4.78 is 0. The summed E-state index contributed by atoms with van der Waals surface area (Å²) in [5.41, 5.74) is 8.62. The van der Waals surface area contributed by atoms with Crippen molar-refractivity contribution in [2.75, 3.05) is 0 Å². The number of rotatable bonds is 4. The Morgan fingerprint density at radius 1 is 0.537 bits per heavy atom. The van der Waals surface area contributed by atoms with Crippen LogP contribution in [0, 0.1) is 61.1 Å². The second kappa shape index (κ2) is 18.7. The van der Waals surface area contributed by atoms with E-state index in [2.05, 4.69) is 77.9 Å². The Labute approximate surface area is 269 Å². The molecule has 0 aliphatic rings. The van der Waals surface area contributed by atoms with Crippen LogP contribution < -0.4 is 10.6 Å². The molecule has 209 valence electrons. The Morgan fingerprint density at radius 2 is 0.854 bits per heavy atom. The molecular formula is C38H42OPZr. The summed E-state index contributed by atoms with van der Waals surface area (Å²) in [5.74, 6) is -0.526. The van der Waals surface area contributed by atoms with Crippen LogP contribution in [0.25, 0.3) is 0 Å². The van der Waals surface area contributed by atoms with Crippen molar-refractivity contribution in [3.63, 3.8) is 0 Å². The second-order valence-corrected chi connectivity index (χ2v) is 11.9. The fourth-order valence-corrected chi connectivity index (χ4v) is 7.88. The maximum atomic E-state index is 11.6. The molecule has 1 nitrogen and oxygen atoms in total. The SMILES string of the molecule is Cc1cc(C)c(P(c2c(C)cc(C)cc2C)C(O)c2ccccc2)c(C)c1.[CH3-].[Zr+3].[c-]1ccccc1.[c-]1ccccc1. The van der Waals surface area contributed by atoms with Crippen LogP contribution in [0.1, 0.15) is 44.8 Å². The van der Waals surface area contributed by atoms with Crippen molar-refractivity contribution >= 4 is 18.5 Å². The van der Waals surface area contributed by atoms with Crippen molar-refractivity contribution in [3.05, 3.63) is 174 Å². The summed E-state index contributed by atoms with van der Waals surface area (Å²) >= 11 is 0. The maximum absolute atomic E-state index is 11.6. The summed E-state index contributed by atoms with van der Waals surface area (Å²) in [6.45, 7) is 13.0. The molecule has 0 aromatic heterocycles. The van der Waals surface area contributed by atoms with Gasteiger partial charge in [0.05, 0.1) is 0 Å². The zero-order chi connectivity index (χ0) is 28.2. The third-order valence-corrected chi connectivity index (χ3v) is 9.47. The van der Waals surface area contributed by atoms with Gasteiger partial charge in [0.15, 0.2) is 0 Å². The van der Waals surface area contributed by atoms with Gasteiger partial charge in [0.2, 0.25) is 0 Å². The van der Waals surface area contributed by atoms with E-state index in [9.17, 15) is 5.11 Å². The average Bonchev–Trinajstić information content (AvgIpc) is 2.94. The van der Waals surface area contributed by atoms with Gasteiger partial charge in [0, 0.05) is 0 Å². The van der Waals surface area contributed by atoms with E-state index in [1.54, 1.807) is 0 Å². The monoisotopic (exact) mass is 635 g/mol. The smallest absolute Gasteiger partial charge is 0.383 e. The Balaban J connectivity index is 0.000000495. The first kappa shape index (κ1) is 36.4. The predicted molar refractivity (Wildman–Crippen MR) is 176 cm³/mol. The van der Waals surface area contributed by atoms with Gasteiger partial charge in [-0.2, -0.15) is 72.8 Å². The zero-order valence-corrected chi connectivity index (χ0v) is 28.8. The van der Waals surface area contributed by atoms with Gasteiger partial charge >= 0.3 is 26.2 Å². The molecule has 3 heteroatoms. The standard InChI is InChI=1S/C25H29OP.2C6H5.CH3.Zr/c1-16-12-18(3)23(19(4)13-16)27(25(26)22-10-8-7-9-11-22)24-20(5)14-17(2)15-21(24)6;2*1-2-4-6-5-3-1;;/h7-15,25-26H,1-6H3;2*1-5H;1H3;/q;3*-1;+3. The number of aliphatic hydroxyl groups is 1. The van der Waals surface area contributed by atoms with Crippen LogP contribution in [-0.4, -0.2) is 5.11 Å². The fraction of sp³-hybridized carbons (Fsp3) is 0.184.